The van der Waals surface area contributed by atoms with Crippen LogP contribution >= 0.6 is 0 Å². The van der Waals surface area contributed by atoms with E-state index < -0.39 is 20.0 Å². The molecule has 0 spiro atoms. The van der Waals surface area contributed by atoms with Gasteiger partial charge in [-0.25, -0.2) is 30.7 Å². The number of carbonyl (C=O) groups excluding carboxylic acids is 1. The highest BCUT2D eigenvalue weighted by molar-refractivity contribution is 7.88. The van der Waals surface area contributed by atoms with Crippen LogP contribution in [0.15, 0.2) is 24.3 Å². The molecule has 11 heteroatoms. The molecule has 0 atom stereocenters. The normalized spacial score (nSPS) is 16.8. The number of nitrogens with zero attached hydrogens (tertiary/aromatic N) is 1. The summed E-state index contributed by atoms with van der Waals surface area (Å²) in [5.74, 6) is -0.0934. The largest absolute Gasteiger partial charge is 0.335 e. The summed E-state index contributed by atoms with van der Waals surface area (Å²) in [6.45, 7) is 1.12. The fraction of sp³-hybridized carbons (Fsp3) is 0.562. The third kappa shape index (κ3) is 7.09. The molecule has 0 unspecified atom stereocenters. The number of urea groups is 1. The van der Waals surface area contributed by atoms with Crippen molar-refractivity contribution in [2.75, 3.05) is 26.4 Å². The molecule has 0 saturated carbocycles. The number of nitrogens with one attached hydrogen (secondary N) is 3. The minimum Gasteiger partial charge on any atom is -0.335 e. The third-order valence-electron chi connectivity index (χ3n) is 4.40. The van der Waals surface area contributed by atoms with Gasteiger partial charge in [0.1, 0.15) is 0 Å². The van der Waals surface area contributed by atoms with Gasteiger partial charge >= 0.3 is 6.03 Å². The molecule has 1 saturated heterocycles. The van der Waals surface area contributed by atoms with Crippen molar-refractivity contribution >= 4 is 26.1 Å². The second-order valence-corrected chi connectivity index (χ2v) is 10.5. The first-order valence-electron chi connectivity index (χ1n) is 8.57. The van der Waals surface area contributed by atoms with Crippen LogP contribution in [-0.2, 0) is 32.3 Å². The van der Waals surface area contributed by atoms with Gasteiger partial charge in [0.15, 0.2) is 0 Å². The van der Waals surface area contributed by atoms with Gasteiger partial charge in [0, 0.05) is 25.7 Å². The highest BCUT2D eigenvalue weighted by atomic mass is 32.2. The lowest BCUT2D eigenvalue weighted by atomic mass is 10.1. The predicted molar refractivity (Wildman–Crippen MR) is 103 cm³/mol. The molecule has 0 aromatic heterocycles. The summed E-state index contributed by atoms with van der Waals surface area (Å²) in [5.41, 5.74) is 1.51. The molecule has 2 amide bonds. The topological polar surface area (TPSA) is 125 Å². The van der Waals surface area contributed by atoms with Crippen molar-refractivity contribution in [3.8, 4) is 0 Å². The van der Waals surface area contributed by atoms with Gasteiger partial charge in [-0.05, 0) is 31.0 Å². The van der Waals surface area contributed by atoms with Gasteiger partial charge in [-0.15, -0.1) is 0 Å². The molecule has 0 radical (unpaired) electrons. The molecule has 152 valence electrons. The van der Waals surface area contributed by atoms with Gasteiger partial charge in [0.2, 0.25) is 20.0 Å². The Labute approximate surface area is 160 Å². The number of rotatable bonds is 7. The van der Waals surface area contributed by atoms with E-state index in [4.69, 9.17) is 0 Å². The second kappa shape index (κ2) is 9.00. The zero-order valence-electron chi connectivity index (χ0n) is 15.4. The molecule has 1 aliphatic rings. The minimum atomic E-state index is -3.31. The van der Waals surface area contributed by atoms with Crippen molar-refractivity contribution in [1.29, 1.82) is 0 Å². The van der Waals surface area contributed by atoms with E-state index >= 15 is 0 Å². The van der Waals surface area contributed by atoms with Crippen LogP contribution in [0.5, 0.6) is 0 Å². The van der Waals surface area contributed by atoms with E-state index in [2.05, 4.69) is 15.4 Å². The monoisotopic (exact) mass is 418 g/mol. The average Bonchev–Trinajstić information content (AvgIpc) is 2.60. The highest BCUT2D eigenvalue weighted by Gasteiger charge is 2.25. The highest BCUT2D eigenvalue weighted by Crippen LogP contribution is 2.13. The van der Waals surface area contributed by atoms with E-state index in [-0.39, 0.29) is 17.8 Å². The van der Waals surface area contributed by atoms with Crippen LogP contribution in [0.3, 0.4) is 0 Å². The first-order chi connectivity index (χ1) is 12.6. The Morgan fingerprint density at radius 3 is 2.15 bits per heavy atom. The molecule has 1 aromatic rings. The van der Waals surface area contributed by atoms with E-state index in [1.165, 1.54) is 17.6 Å². The molecule has 1 aromatic carbocycles. The van der Waals surface area contributed by atoms with Crippen molar-refractivity contribution < 1.29 is 21.6 Å². The number of sulfonamides is 2. The maximum absolute atomic E-state index is 12.0. The van der Waals surface area contributed by atoms with Crippen LogP contribution in [0.1, 0.15) is 24.0 Å². The Hall–Kier alpha value is -1.69. The Morgan fingerprint density at radius 2 is 1.63 bits per heavy atom. The molecule has 1 fully saturated rings. The lowest BCUT2D eigenvalue weighted by Gasteiger charge is -2.30. The molecular formula is C16H26N4O5S2. The standard InChI is InChI=1S/C16H26N4O5S2/c1-17-27(24,25)12-14-5-3-13(4-6-14)11-18-16(21)19-15-7-9-20(10-8-15)26(2,22)23/h3-6,15,17H,7-12H2,1-2H3,(H2,18,19,21). The summed E-state index contributed by atoms with van der Waals surface area (Å²) in [6.07, 6.45) is 2.34. The number of hydrogen-bond acceptors (Lipinski definition) is 5. The number of amides is 2. The van der Waals surface area contributed by atoms with Crippen LogP contribution in [0.4, 0.5) is 4.79 Å². The summed E-state index contributed by atoms with van der Waals surface area (Å²) >= 11 is 0. The summed E-state index contributed by atoms with van der Waals surface area (Å²) in [7, 11) is -5.12. The smallest absolute Gasteiger partial charge is 0.315 e. The van der Waals surface area contributed by atoms with E-state index in [0.29, 0.717) is 38.0 Å². The van der Waals surface area contributed by atoms with Crippen LogP contribution in [0.2, 0.25) is 0 Å². The second-order valence-electron chi connectivity index (χ2n) is 6.54. The van der Waals surface area contributed by atoms with Crippen molar-refractivity contribution in [3.63, 3.8) is 0 Å². The van der Waals surface area contributed by atoms with E-state index in [1.54, 1.807) is 24.3 Å². The van der Waals surface area contributed by atoms with Gasteiger partial charge in [-0.1, -0.05) is 24.3 Å². The molecule has 27 heavy (non-hydrogen) atoms. The molecule has 3 N–H and O–H groups in total. The molecular weight excluding hydrogens is 392 g/mol. The summed E-state index contributed by atoms with van der Waals surface area (Å²) in [5, 5.41) is 5.61. The Bertz CT molecular complexity index is 845. The molecule has 0 bridgehead atoms. The van der Waals surface area contributed by atoms with Gasteiger partial charge in [0.25, 0.3) is 0 Å². The molecule has 9 nitrogen and oxygen atoms in total. The fourth-order valence-electron chi connectivity index (χ4n) is 2.80. The van der Waals surface area contributed by atoms with Gasteiger partial charge in [-0.3, -0.25) is 0 Å². The Morgan fingerprint density at radius 1 is 1.07 bits per heavy atom. The SMILES string of the molecule is CNS(=O)(=O)Cc1ccc(CNC(=O)NC2CCN(S(C)(=O)=O)CC2)cc1. The lowest BCUT2D eigenvalue weighted by Crippen LogP contribution is -2.48. The molecule has 2 rings (SSSR count). The van der Waals surface area contributed by atoms with Crippen molar-refractivity contribution in [2.24, 2.45) is 0 Å². The zero-order valence-corrected chi connectivity index (χ0v) is 17.1. The van der Waals surface area contributed by atoms with E-state index in [9.17, 15) is 21.6 Å². The maximum atomic E-state index is 12.0. The van der Waals surface area contributed by atoms with E-state index in [0.717, 1.165) is 5.56 Å². The quantitative estimate of drug-likeness (QED) is 0.573. The van der Waals surface area contributed by atoms with Crippen LogP contribution < -0.4 is 15.4 Å². The van der Waals surface area contributed by atoms with E-state index in [1.807, 2.05) is 0 Å². The summed E-state index contributed by atoms with van der Waals surface area (Å²) < 4.78 is 49.7. The van der Waals surface area contributed by atoms with Crippen molar-refractivity contribution in [1.82, 2.24) is 19.7 Å². The Balaban J connectivity index is 1.76. The van der Waals surface area contributed by atoms with Crippen molar-refractivity contribution in [2.45, 2.75) is 31.2 Å². The van der Waals surface area contributed by atoms with Crippen molar-refractivity contribution in [3.05, 3.63) is 35.4 Å². The number of carbonyl (C=O) groups is 1. The average molecular weight is 419 g/mol. The first-order valence-corrected chi connectivity index (χ1v) is 12.1. The van der Waals surface area contributed by atoms with Gasteiger partial charge in [-0.2, -0.15) is 0 Å². The van der Waals surface area contributed by atoms with Gasteiger partial charge < -0.3 is 10.6 Å². The number of hydrogen-bond donors (Lipinski definition) is 3. The molecule has 0 aliphatic carbocycles. The third-order valence-corrected chi connectivity index (χ3v) is 7.04. The van der Waals surface area contributed by atoms with Crippen LogP contribution in [0, 0.1) is 0 Å². The maximum Gasteiger partial charge on any atom is 0.315 e. The first kappa shape index (κ1) is 21.6. The number of piperidine rings is 1. The van der Waals surface area contributed by atoms with Gasteiger partial charge in [0.05, 0.1) is 12.0 Å². The lowest BCUT2D eigenvalue weighted by molar-refractivity contribution is 0.227. The molecule has 1 aliphatic heterocycles. The Kier molecular flexibility index (Phi) is 7.20. The fourth-order valence-corrected chi connectivity index (χ4v) is 4.45. The summed E-state index contributed by atoms with van der Waals surface area (Å²) in [6, 6.07) is 6.60. The molecule has 1 heterocycles. The van der Waals surface area contributed by atoms with Crippen LogP contribution in [-0.4, -0.2) is 59.6 Å². The number of benzene rings is 1. The summed E-state index contributed by atoms with van der Waals surface area (Å²) in [4.78, 5) is 12.0. The van der Waals surface area contributed by atoms with Crippen LogP contribution in [0.25, 0.3) is 0 Å². The zero-order chi connectivity index (χ0) is 20.1. The predicted octanol–water partition coefficient (Wildman–Crippen LogP) is -0.0410. The minimum absolute atomic E-state index is 0.0582.